The summed E-state index contributed by atoms with van der Waals surface area (Å²) in [5, 5.41) is 0. The minimum Gasteiger partial charge on any atom is -0.147 e. The van der Waals surface area contributed by atoms with Gasteiger partial charge in [0.2, 0.25) is 0 Å². The van der Waals surface area contributed by atoms with Crippen molar-refractivity contribution in [2.75, 3.05) is 0 Å². The number of benzene rings is 1. The van der Waals surface area contributed by atoms with Crippen LogP contribution < -0.4 is 0 Å². The van der Waals surface area contributed by atoms with Crippen molar-refractivity contribution in [1.82, 2.24) is 0 Å². The SMILES string of the molecule is CC1=[C]([Zr]([C]2=CC=CC2)=[C](C)c2ccccc2)CC=C1.Cl.Cl. The first kappa shape index (κ1) is 19.6. The number of halogens is 2. The van der Waals surface area contributed by atoms with Gasteiger partial charge in [-0.2, -0.15) is 0 Å². The molecule has 0 radical (unpaired) electrons. The van der Waals surface area contributed by atoms with Crippen LogP contribution in [0, 0.1) is 0 Å². The quantitative estimate of drug-likeness (QED) is 0.592. The van der Waals surface area contributed by atoms with Crippen LogP contribution in [0.5, 0.6) is 0 Å². The molecule has 0 aromatic heterocycles. The maximum Gasteiger partial charge on any atom is -0.147 e. The third-order valence-corrected chi connectivity index (χ3v) is 12.1. The van der Waals surface area contributed by atoms with E-state index in [1.54, 1.807) is 9.77 Å². The summed E-state index contributed by atoms with van der Waals surface area (Å²) in [5.41, 5.74) is 2.98. The summed E-state index contributed by atoms with van der Waals surface area (Å²) >= 11 is -1.87. The number of allylic oxidation sites excluding steroid dienone is 8. The van der Waals surface area contributed by atoms with Gasteiger partial charge < -0.3 is 0 Å². The molecule has 0 N–H and O–H groups in total. The van der Waals surface area contributed by atoms with Gasteiger partial charge in [0.15, 0.2) is 0 Å². The zero-order valence-electron chi connectivity index (χ0n) is 13.0. The first-order chi connectivity index (χ1) is 9.77. The molecule has 0 atom stereocenters. The Balaban J connectivity index is 0.00000121. The Hall–Kier alpha value is -0.487. The fourth-order valence-electron chi connectivity index (χ4n) is 3.04. The van der Waals surface area contributed by atoms with Crippen molar-refractivity contribution in [3.8, 4) is 0 Å². The monoisotopic (exact) mass is 410 g/mol. The molecule has 0 bridgehead atoms. The average molecular weight is 413 g/mol. The van der Waals surface area contributed by atoms with E-state index in [4.69, 9.17) is 0 Å². The van der Waals surface area contributed by atoms with Crippen LogP contribution in [0.4, 0.5) is 0 Å². The Morgan fingerprint density at radius 2 is 1.73 bits per heavy atom. The zero-order chi connectivity index (χ0) is 13.9. The van der Waals surface area contributed by atoms with Crippen LogP contribution in [0.25, 0.3) is 0 Å². The molecule has 0 aliphatic heterocycles. The van der Waals surface area contributed by atoms with Gasteiger partial charge in [-0.05, 0) is 0 Å². The zero-order valence-corrected chi connectivity index (χ0v) is 17.1. The molecule has 1 aromatic rings. The van der Waals surface area contributed by atoms with Crippen molar-refractivity contribution in [3.05, 3.63) is 78.4 Å². The summed E-state index contributed by atoms with van der Waals surface area (Å²) in [6, 6.07) is 11.0. The predicted octanol–water partition coefficient (Wildman–Crippen LogP) is 5.77. The Morgan fingerprint density at radius 3 is 2.27 bits per heavy atom. The van der Waals surface area contributed by atoms with Crippen LogP contribution in [0.3, 0.4) is 0 Å². The van der Waals surface area contributed by atoms with Crippen LogP contribution >= 0.6 is 24.8 Å². The second kappa shape index (κ2) is 8.97. The molecule has 0 heterocycles. The first-order valence-electron chi connectivity index (χ1n) is 7.26. The van der Waals surface area contributed by atoms with E-state index in [1.165, 1.54) is 24.0 Å². The van der Waals surface area contributed by atoms with Gasteiger partial charge in [0.25, 0.3) is 0 Å². The van der Waals surface area contributed by atoms with Gasteiger partial charge in [0, 0.05) is 0 Å². The summed E-state index contributed by atoms with van der Waals surface area (Å²) in [6.07, 6.45) is 14.0. The molecule has 22 heavy (non-hydrogen) atoms. The predicted molar refractivity (Wildman–Crippen MR) is 99.0 cm³/mol. The second-order valence-corrected chi connectivity index (χ2v) is 12.2. The molecule has 0 fully saturated rings. The standard InChI is InChI=1S/C8H8.C6H7.C5H5.2ClH.Zr/c1-2-8-6-4-3-5-7-8;1-6-4-2-3-5-6;1-2-4-5-3-1;;;/h3-7H,1H3;2,4H,3H2,1H3;1-3H,4H2;2*1H;. The molecule has 0 amide bonds. The first-order valence-corrected chi connectivity index (χ1v) is 10.9. The molecule has 2 aliphatic carbocycles. The normalized spacial score (nSPS) is 16.9. The fourth-order valence-corrected chi connectivity index (χ4v) is 10.8. The minimum absolute atomic E-state index is 0. The second-order valence-electron chi connectivity index (χ2n) is 5.46. The van der Waals surface area contributed by atoms with Gasteiger partial charge in [0.1, 0.15) is 0 Å². The molecule has 0 nitrogen and oxygen atoms in total. The average Bonchev–Trinajstić information content (AvgIpc) is 3.13. The maximum atomic E-state index is 2.39. The Kier molecular flexibility index (Phi) is 7.97. The Labute approximate surface area is 153 Å². The molecule has 2 aliphatic rings. The molecule has 0 saturated heterocycles. The molecule has 1 aromatic carbocycles. The van der Waals surface area contributed by atoms with Crippen molar-refractivity contribution >= 4 is 28.0 Å². The molecular weight excluding hydrogens is 390 g/mol. The molecule has 116 valence electrons. The van der Waals surface area contributed by atoms with Gasteiger partial charge in [-0.25, -0.2) is 0 Å². The maximum absolute atomic E-state index is 2.39. The summed E-state index contributed by atoms with van der Waals surface area (Å²) in [6.45, 7) is 4.67. The van der Waals surface area contributed by atoms with Gasteiger partial charge in [-0.3, -0.25) is 0 Å². The molecular formula is C19H22Cl2Zr. The van der Waals surface area contributed by atoms with Gasteiger partial charge in [-0.15, -0.1) is 24.8 Å². The summed E-state index contributed by atoms with van der Waals surface area (Å²) < 4.78 is 5.16. The molecule has 0 saturated carbocycles. The summed E-state index contributed by atoms with van der Waals surface area (Å²) in [5.74, 6) is 0. The van der Waals surface area contributed by atoms with Crippen LogP contribution in [-0.2, 0) is 21.3 Å². The number of rotatable bonds is 3. The molecule has 0 unspecified atom stereocenters. The van der Waals surface area contributed by atoms with E-state index in [1.807, 2.05) is 0 Å². The third kappa shape index (κ3) is 4.07. The van der Waals surface area contributed by atoms with Crippen molar-refractivity contribution in [2.24, 2.45) is 0 Å². The largest absolute Gasteiger partial charge is 0.147 e. The smallest absolute Gasteiger partial charge is 0.147 e. The van der Waals surface area contributed by atoms with Crippen LogP contribution in [0.1, 0.15) is 32.3 Å². The van der Waals surface area contributed by atoms with E-state index in [-0.39, 0.29) is 24.8 Å². The van der Waals surface area contributed by atoms with Crippen molar-refractivity contribution in [2.45, 2.75) is 26.7 Å². The van der Waals surface area contributed by atoms with Gasteiger partial charge in [-0.1, -0.05) is 0 Å². The third-order valence-electron chi connectivity index (χ3n) is 4.14. The van der Waals surface area contributed by atoms with E-state index >= 15 is 0 Å². The van der Waals surface area contributed by atoms with Crippen molar-refractivity contribution in [1.29, 1.82) is 0 Å². The van der Waals surface area contributed by atoms with E-state index in [0.717, 1.165) is 0 Å². The minimum atomic E-state index is -1.87. The van der Waals surface area contributed by atoms with E-state index < -0.39 is 21.3 Å². The molecule has 0 spiro atoms. The Bertz CT molecular complexity index is 677. The van der Waals surface area contributed by atoms with Gasteiger partial charge >= 0.3 is 130 Å². The number of hydrogen-bond acceptors (Lipinski definition) is 0. The number of hydrogen-bond donors (Lipinski definition) is 0. The van der Waals surface area contributed by atoms with Crippen molar-refractivity contribution < 1.29 is 21.3 Å². The van der Waals surface area contributed by atoms with E-state index in [2.05, 4.69) is 74.6 Å². The van der Waals surface area contributed by atoms with Crippen LogP contribution in [0.15, 0.2) is 72.8 Å². The molecule has 3 rings (SSSR count). The van der Waals surface area contributed by atoms with Crippen LogP contribution in [0.2, 0.25) is 0 Å². The van der Waals surface area contributed by atoms with E-state index in [9.17, 15) is 0 Å². The van der Waals surface area contributed by atoms with Crippen LogP contribution in [-0.4, -0.2) is 3.21 Å². The van der Waals surface area contributed by atoms with E-state index in [0.29, 0.717) is 0 Å². The summed E-state index contributed by atoms with van der Waals surface area (Å²) in [7, 11) is 0. The fraction of sp³-hybridized carbons (Fsp3) is 0.211. The van der Waals surface area contributed by atoms with Gasteiger partial charge in [0.05, 0.1) is 0 Å². The summed E-state index contributed by atoms with van der Waals surface area (Å²) in [4.78, 5) is 0. The Morgan fingerprint density at radius 1 is 1.00 bits per heavy atom. The molecule has 3 heteroatoms. The topological polar surface area (TPSA) is 0 Å². The van der Waals surface area contributed by atoms with Crippen molar-refractivity contribution in [3.63, 3.8) is 0 Å².